The van der Waals surface area contributed by atoms with Crippen molar-refractivity contribution in [2.75, 3.05) is 18.8 Å². The molecule has 0 spiro atoms. The molecule has 0 radical (unpaired) electrons. The molecule has 2 N–H and O–H groups in total. The maximum Gasteiger partial charge on any atom is 0.402 e. The minimum Gasteiger partial charge on any atom is -0.399 e. The number of nitrogen functional groups attached to an aromatic ring is 1. The summed E-state index contributed by atoms with van der Waals surface area (Å²) in [7, 11) is -4.00. The first-order chi connectivity index (χ1) is 8.64. The Kier molecular flexibility index (Phi) is 4.81. The third-order valence-corrected chi connectivity index (χ3v) is 4.30. The number of alkyl halides is 3. The van der Waals surface area contributed by atoms with Crippen LogP contribution in [0.25, 0.3) is 0 Å². The summed E-state index contributed by atoms with van der Waals surface area (Å²) in [5, 5.41) is 0. The lowest BCUT2D eigenvalue weighted by molar-refractivity contribution is -0.135. The van der Waals surface area contributed by atoms with Crippen molar-refractivity contribution in [1.29, 1.82) is 0 Å². The Hall–Kier alpha value is -1.28. The highest BCUT2D eigenvalue weighted by Crippen LogP contribution is 2.20. The maximum atomic E-state index is 12.3. The molecule has 0 saturated heterocycles. The van der Waals surface area contributed by atoms with Crippen LogP contribution in [-0.2, 0) is 15.8 Å². The lowest BCUT2D eigenvalue weighted by Gasteiger charge is -2.21. The monoisotopic (exact) mass is 296 g/mol. The van der Waals surface area contributed by atoms with E-state index in [2.05, 4.69) is 0 Å². The first-order valence-electron chi connectivity index (χ1n) is 5.53. The Morgan fingerprint density at radius 2 is 1.74 bits per heavy atom. The van der Waals surface area contributed by atoms with Crippen LogP contribution in [0.2, 0.25) is 0 Å². The topological polar surface area (TPSA) is 63.4 Å². The molecule has 1 aromatic rings. The summed E-state index contributed by atoms with van der Waals surface area (Å²) in [5.74, 6) is -0.475. The minimum absolute atomic E-state index is 0.225. The third-order valence-electron chi connectivity index (χ3n) is 2.43. The van der Waals surface area contributed by atoms with Gasteiger partial charge in [-0.2, -0.15) is 17.5 Å². The van der Waals surface area contributed by atoms with E-state index in [-0.39, 0.29) is 6.54 Å². The number of nitrogens with two attached hydrogens (primary N) is 1. The van der Waals surface area contributed by atoms with Crippen LogP contribution in [-0.4, -0.2) is 32.0 Å². The van der Waals surface area contributed by atoms with E-state index in [1.165, 1.54) is 31.2 Å². The fourth-order valence-electron chi connectivity index (χ4n) is 1.52. The number of sulfonamides is 1. The lowest BCUT2D eigenvalue weighted by Crippen LogP contribution is -2.39. The van der Waals surface area contributed by atoms with Crippen molar-refractivity contribution in [3.05, 3.63) is 29.8 Å². The van der Waals surface area contributed by atoms with Gasteiger partial charge < -0.3 is 5.73 Å². The SMILES string of the molecule is CCN(CC(F)(F)F)S(=O)(=O)Cc1ccc(N)cc1. The van der Waals surface area contributed by atoms with Crippen molar-refractivity contribution in [2.45, 2.75) is 18.9 Å². The molecular formula is C11H15F3N2O2S. The van der Waals surface area contributed by atoms with E-state index in [4.69, 9.17) is 5.73 Å². The van der Waals surface area contributed by atoms with Crippen molar-refractivity contribution < 1.29 is 21.6 Å². The third kappa shape index (κ3) is 5.07. The number of hydrogen-bond donors (Lipinski definition) is 1. The Morgan fingerprint density at radius 3 is 2.16 bits per heavy atom. The van der Waals surface area contributed by atoms with Crippen LogP contribution in [0, 0.1) is 0 Å². The summed E-state index contributed by atoms with van der Waals surface area (Å²) in [4.78, 5) is 0. The van der Waals surface area contributed by atoms with Crippen molar-refractivity contribution >= 4 is 15.7 Å². The Balaban J connectivity index is 2.87. The summed E-state index contributed by atoms with van der Waals surface area (Å²) >= 11 is 0. The minimum atomic E-state index is -4.55. The van der Waals surface area contributed by atoms with Gasteiger partial charge in [0.1, 0.15) is 6.54 Å². The van der Waals surface area contributed by atoms with Crippen LogP contribution < -0.4 is 5.73 Å². The average molecular weight is 296 g/mol. The van der Waals surface area contributed by atoms with E-state index in [0.29, 0.717) is 15.6 Å². The summed E-state index contributed by atoms with van der Waals surface area (Å²) in [6.45, 7) is -0.329. The second-order valence-corrected chi connectivity index (χ2v) is 6.01. The van der Waals surface area contributed by atoms with Gasteiger partial charge in [-0.15, -0.1) is 0 Å². The molecule has 0 aromatic heterocycles. The van der Waals surface area contributed by atoms with E-state index < -0.39 is 28.5 Å². The number of benzene rings is 1. The molecule has 108 valence electrons. The smallest absolute Gasteiger partial charge is 0.399 e. The second kappa shape index (κ2) is 5.79. The molecule has 4 nitrogen and oxygen atoms in total. The Bertz CT molecular complexity index is 512. The standard InChI is InChI=1S/C11H15F3N2O2S/c1-2-16(8-11(12,13)14)19(17,18)7-9-3-5-10(15)6-4-9/h3-6H,2,7-8,15H2,1H3. The van der Waals surface area contributed by atoms with Gasteiger partial charge in [0.05, 0.1) is 5.75 Å². The van der Waals surface area contributed by atoms with Gasteiger partial charge in [-0.1, -0.05) is 19.1 Å². The molecule has 1 aromatic carbocycles. The van der Waals surface area contributed by atoms with Gasteiger partial charge in [0.15, 0.2) is 0 Å². The second-order valence-electron chi connectivity index (χ2n) is 4.04. The van der Waals surface area contributed by atoms with Crippen LogP contribution in [0.15, 0.2) is 24.3 Å². The molecule has 0 aliphatic rings. The predicted octanol–water partition coefficient (Wildman–Crippen LogP) is 1.98. The lowest BCUT2D eigenvalue weighted by atomic mass is 10.2. The number of nitrogens with zero attached hydrogens (tertiary/aromatic N) is 1. The van der Waals surface area contributed by atoms with E-state index in [1.54, 1.807) is 0 Å². The van der Waals surface area contributed by atoms with Crippen molar-refractivity contribution in [1.82, 2.24) is 4.31 Å². The van der Waals surface area contributed by atoms with E-state index in [9.17, 15) is 21.6 Å². The quantitative estimate of drug-likeness (QED) is 0.845. The van der Waals surface area contributed by atoms with Gasteiger partial charge in [-0.05, 0) is 17.7 Å². The highest BCUT2D eigenvalue weighted by atomic mass is 32.2. The molecule has 0 aliphatic carbocycles. The van der Waals surface area contributed by atoms with E-state index in [1.807, 2.05) is 0 Å². The summed E-state index contributed by atoms with van der Waals surface area (Å²) in [6, 6.07) is 5.97. The fourth-order valence-corrected chi connectivity index (χ4v) is 3.06. The molecule has 0 aliphatic heterocycles. The Morgan fingerprint density at radius 1 is 1.21 bits per heavy atom. The average Bonchev–Trinajstić information content (AvgIpc) is 2.27. The number of halogens is 3. The van der Waals surface area contributed by atoms with Crippen LogP contribution in [0.4, 0.5) is 18.9 Å². The molecule has 0 atom stereocenters. The first-order valence-corrected chi connectivity index (χ1v) is 7.14. The van der Waals surface area contributed by atoms with Gasteiger partial charge in [0.2, 0.25) is 10.0 Å². The predicted molar refractivity (Wildman–Crippen MR) is 66.8 cm³/mol. The van der Waals surface area contributed by atoms with Gasteiger partial charge in [-0.3, -0.25) is 0 Å². The van der Waals surface area contributed by atoms with Gasteiger partial charge in [-0.25, -0.2) is 8.42 Å². The zero-order valence-electron chi connectivity index (χ0n) is 10.3. The highest BCUT2D eigenvalue weighted by molar-refractivity contribution is 7.88. The van der Waals surface area contributed by atoms with Crippen LogP contribution >= 0.6 is 0 Å². The number of anilines is 1. The van der Waals surface area contributed by atoms with Crippen LogP contribution in [0.5, 0.6) is 0 Å². The molecule has 8 heteroatoms. The van der Waals surface area contributed by atoms with Gasteiger partial charge >= 0.3 is 6.18 Å². The molecule has 0 heterocycles. The normalized spacial score (nSPS) is 12.9. The van der Waals surface area contributed by atoms with Crippen LogP contribution in [0.3, 0.4) is 0 Å². The summed E-state index contributed by atoms with van der Waals surface area (Å²) in [6.07, 6.45) is -4.55. The highest BCUT2D eigenvalue weighted by Gasteiger charge is 2.35. The largest absolute Gasteiger partial charge is 0.402 e. The molecule has 0 fully saturated rings. The molecular weight excluding hydrogens is 281 g/mol. The number of hydrogen-bond acceptors (Lipinski definition) is 3. The van der Waals surface area contributed by atoms with E-state index >= 15 is 0 Å². The molecule has 0 saturated carbocycles. The molecule has 1 rings (SSSR count). The van der Waals surface area contributed by atoms with Crippen molar-refractivity contribution in [3.63, 3.8) is 0 Å². The molecule has 19 heavy (non-hydrogen) atoms. The van der Waals surface area contributed by atoms with Gasteiger partial charge in [0.25, 0.3) is 0 Å². The summed E-state index contributed by atoms with van der Waals surface area (Å²) in [5.41, 5.74) is 6.31. The maximum absolute atomic E-state index is 12.3. The molecule has 0 amide bonds. The summed E-state index contributed by atoms with van der Waals surface area (Å²) < 4.78 is 61.1. The molecule has 0 unspecified atom stereocenters. The number of rotatable bonds is 5. The van der Waals surface area contributed by atoms with Crippen molar-refractivity contribution in [3.8, 4) is 0 Å². The first kappa shape index (κ1) is 15.8. The Labute approximate surface area is 110 Å². The van der Waals surface area contributed by atoms with Gasteiger partial charge in [0, 0.05) is 12.2 Å². The van der Waals surface area contributed by atoms with E-state index in [0.717, 1.165) is 0 Å². The molecule has 0 bridgehead atoms. The zero-order chi connectivity index (χ0) is 14.7. The van der Waals surface area contributed by atoms with Crippen LogP contribution in [0.1, 0.15) is 12.5 Å². The fraction of sp³-hybridized carbons (Fsp3) is 0.455. The zero-order valence-corrected chi connectivity index (χ0v) is 11.1. The van der Waals surface area contributed by atoms with Crippen molar-refractivity contribution in [2.24, 2.45) is 0 Å².